The van der Waals surface area contributed by atoms with Crippen LogP contribution in [0.4, 0.5) is 4.39 Å². The van der Waals surface area contributed by atoms with Gasteiger partial charge in [0.1, 0.15) is 5.82 Å². The molecule has 1 N–H and O–H groups in total. The summed E-state index contributed by atoms with van der Waals surface area (Å²) in [6.45, 7) is 4.75. The molecule has 1 aromatic heterocycles. The zero-order valence-corrected chi connectivity index (χ0v) is 20.4. The molecule has 0 unspecified atom stereocenters. The molecule has 2 aliphatic heterocycles. The van der Waals surface area contributed by atoms with E-state index in [1.54, 1.807) is 15.9 Å². The van der Waals surface area contributed by atoms with Crippen LogP contribution in [0.1, 0.15) is 40.8 Å². The number of carbonyl (C=O) groups is 2. The van der Waals surface area contributed by atoms with Crippen LogP contribution >= 0.6 is 0 Å². The Morgan fingerprint density at radius 2 is 1.81 bits per heavy atom. The van der Waals surface area contributed by atoms with Crippen LogP contribution in [0, 0.1) is 12.7 Å². The van der Waals surface area contributed by atoms with Gasteiger partial charge in [-0.25, -0.2) is 4.39 Å². The first-order chi connectivity index (χ1) is 17.4. The Kier molecular flexibility index (Phi) is 5.21. The van der Waals surface area contributed by atoms with Crippen molar-refractivity contribution in [2.75, 3.05) is 19.6 Å². The Balaban J connectivity index is 1.43. The molecule has 2 aliphatic rings. The fourth-order valence-electron chi connectivity index (χ4n) is 5.91. The molecule has 6 rings (SSSR count). The number of halogens is 1. The van der Waals surface area contributed by atoms with Crippen LogP contribution < -0.4 is 0 Å². The molecule has 0 aliphatic carbocycles. The summed E-state index contributed by atoms with van der Waals surface area (Å²) < 4.78 is 13.7. The van der Waals surface area contributed by atoms with Gasteiger partial charge < -0.3 is 14.8 Å². The standard InChI is InChI=1S/C30H28FN3O2/c1-19-10-12-21(13-11-19)24-17-34-26(35)18-33(15-14-20-6-5-7-22(31)16-20)29(36)30(34,2)28-27(24)23-8-3-4-9-25(23)32-28/h3-13,16,24,32H,14-15,17-18H2,1-2H3/t24-,30-/m0/s1. The van der Waals surface area contributed by atoms with Gasteiger partial charge in [0.2, 0.25) is 5.91 Å². The number of nitrogens with zero attached hydrogens (tertiary/aromatic N) is 2. The highest BCUT2D eigenvalue weighted by Crippen LogP contribution is 2.48. The third kappa shape index (κ3) is 3.43. The zero-order valence-electron chi connectivity index (χ0n) is 20.4. The number of aryl methyl sites for hydroxylation is 1. The van der Waals surface area contributed by atoms with Gasteiger partial charge in [0.05, 0.1) is 12.2 Å². The first kappa shape index (κ1) is 22.5. The number of hydrogen-bond donors (Lipinski definition) is 1. The van der Waals surface area contributed by atoms with E-state index in [0.29, 0.717) is 19.5 Å². The number of benzene rings is 3. The second-order valence-electron chi connectivity index (χ2n) is 10.1. The Bertz CT molecular complexity index is 1490. The molecular formula is C30H28FN3O2. The van der Waals surface area contributed by atoms with Crippen LogP contribution in [0.2, 0.25) is 0 Å². The molecule has 1 saturated heterocycles. The Hall–Kier alpha value is -3.93. The van der Waals surface area contributed by atoms with Gasteiger partial charge in [-0.15, -0.1) is 0 Å². The minimum Gasteiger partial charge on any atom is -0.356 e. The lowest BCUT2D eigenvalue weighted by atomic mass is 9.76. The van der Waals surface area contributed by atoms with Gasteiger partial charge in [0.15, 0.2) is 5.54 Å². The topological polar surface area (TPSA) is 56.4 Å². The number of aromatic amines is 1. The molecule has 0 spiro atoms. The molecule has 5 nitrogen and oxygen atoms in total. The van der Waals surface area contributed by atoms with Crippen LogP contribution in [0.3, 0.4) is 0 Å². The van der Waals surface area contributed by atoms with Crippen molar-refractivity contribution in [3.63, 3.8) is 0 Å². The van der Waals surface area contributed by atoms with E-state index < -0.39 is 5.54 Å². The molecule has 0 radical (unpaired) electrons. The number of piperazine rings is 1. The molecular weight excluding hydrogens is 453 g/mol. The number of carbonyl (C=O) groups excluding carboxylic acids is 2. The van der Waals surface area contributed by atoms with Gasteiger partial charge in [-0.2, -0.15) is 0 Å². The van der Waals surface area contributed by atoms with Gasteiger partial charge in [-0.05, 0) is 55.2 Å². The maximum atomic E-state index is 14.1. The van der Waals surface area contributed by atoms with Gasteiger partial charge >= 0.3 is 0 Å². The molecule has 1 fully saturated rings. The first-order valence-electron chi connectivity index (χ1n) is 12.4. The quantitative estimate of drug-likeness (QED) is 0.451. The lowest BCUT2D eigenvalue weighted by molar-refractivity contribution is -0.166. The summed E-state index contributed by atoms with van der Waals surface area (Å²) in [5.74, 6) is -0.518. The zero-order chi connectivity index (χ0) is 25.0. The monoisotopic (exact) mass is 481 g/mol. The van der Waals surface area contributed by atoms with E-state index in [9.17, 15) is 14.0 Å². The summed E-state index contributed by atoms with van der Waals surface area (Å²) in [6.07, 6.45) is 0.485. The van der Waals surface area contributed by atoms with Crippen molar-refractivity contribution in [3.8, 4) is 0 Å². The molecule has 3 heterocycles. The van der Waals surface area contributed by atoms with Crippen molar-refractivity contribution >= 4 is 22.7 Å². The van der Waals surface area contributed by atoms with E-state index in [1.807, 2.05) is 31.2 Å². The molecule has 3 aromatic carbocycles. The van der Waals surface area contributed by atoms with Crippen LogP contribution in [0.15, 0.2) is 72.8 Å². The van der Waals surface area contributed by atoms with Crippen molar-refractivity contribution in [2.45, 2.75) is 31.7 Å². The van der Waals surface area contributed by atoms with Crippen molar-refractivity contribution in [2.24, 2.45) is 0 Å². The fraction of sp³-hybridized carbons (Fsp3) is 0.267. The third-order valence-electron chi connectivity index (χ3n) is 7.86. The molecule has 0 bridgehead atoms. The Morgan fingerprint density at radius 1 is 1.03 bits per heavy atom. The van der Waals surface area contributed by atoms with E-state index in [-0.39, 0.29) is 30.1 Å². The second-order valence-corrected chi connectivity index (χ2v) is 10.1. The highest BCUT2D eigenvalue weighted by Gasteiger charge is 2.56. The summed E-state index contributed by atoms with van der Waals surface area (Å²) in [5, 5.41) is 1.08. The number of nitrogens with one attached hydrogen (secondary N) is 1. The average molecular weight is 482 g/mol. The Labute approximate surface area is 209 Å². The number of aromatic nitrogens is 1. The SMILES string of the molecule is Cc1ccc([C@@H]2CN3C(=O)CN(CCc4cccc(F)c4)C(=O)[C@]3(C)c3[nH]c4ccccc4c32)cc1. The number of fused-ring (bicyclic) bond motifs is 5. The number of rotatable bonds is 4. The number of hydrogen-bond acceptors (Lipinski definition) is 2. The summed E-state index contributed by atoms with van der Waals surface area (Å²) in [5.41, 5.74) is 4.80. The molecule has 0 saturated carbocycles. The summed E-state index contributed by atoms with van der Waals surface area (Å²) in [7, 11) is 0. The van der Waals surface area contributed by atoms with E-state index in [0.717, 1.165) is 33.3 Å². The smallest absolute Gasteiger partial charge is 0.254 e. The number of amides is 2. The average Bonchev–Trinajstić information content (AvgIpc) is 3.27. The van der Waals surface area contributed by atoms with Crippen LogP contribution in [0.25, 0.3) is 10.9 Å². The molecule has 2 amide bonds. The Morgan fingerprint density at radius 3 is 2.58 bits per heavy atom. The number of para-hydroxylation sites is 1. The predicted molar refractivity (Wildman–Crippen MR) is 137 cm³/mol. The van der Waals surface area contributed by atoms with Crippen molar-refractivity contribution in [1.82, 2.24) is 14.8 Å². The lowest BCUT2D eigenvalue weighted by Gasteiger charge is -2.51. The maximum Gasteiger partial charge on any atom is 0.254 e. The molecule has 2 atom stereocenters. The highest BCUT2D eigenvalue weighted by molar-refractivity contribution is 6.01. The van der Waals surface area contributed by atoms with Crippen LogP contribution in [-0.4, -0.2) is 46.2 Å². The maximum absolute atomic E-state index is 14.1. The first-order valence-corrected chi connectivity index (χ1v) is 12.4. The predicted octanol–water partition coefficient (Wildman–Crippen LogP) is 4.89. The van der Waals surface area contributed by atoms with Gasteiger partial charge in [-0.3, -0.25) is 9.59 Å². The lowest BCUT2D eigenvalue weighted by Crippen LogP contribution is -2.67. The number of H-pyrrole nitrogens is 1. The van der Waals surface area contributed by atoms with E-state index in [1.165, 1.54) is 17.7 Å². The van der Waals surface area contributed by atoms with E-state index >= 15 is 0 Å². The van der Waals surface area contributed by atoms with E-state index in [2.05, 4.69) is 42.2 Å². The largest absolute Gasteiger partial charge is 0.356 e. The van der Waals surface area contributed by atoms with Gasteiger partial charge in [-0.1, -0.05) is 60.2 Å². The molecule has 4 aromatic rings. The van der Waals surface area contributed by atoms with Crippen LogP contribution in [0.5, 0.6) is 0 Å². The fourth-order valence-corrected chi connectivity index (χ4v) is 5.91. The van der Waals surface area contributed by atoms with Crippen LogP contribution in [-0.2, 0) is 21.5 Å². The highest BCUT2D eigenvalue weighted by atomic mass is 19.1. The van der Waals surface area contributed by atoms with Crippen molar-refractivity contribution in [3.05, 3.63) is 107 Å². The van der Waals surface area contributed by atoms with Gasteiger partial charge in [0, 0.05) is 29.9 Å². The molecule has 6 heteroatoms. The molecule has 36 heavy (non-hydrogen) atoms. The molecule has 182 valence electrons. The van der Waals surface area contributed by atoms with Gasteiger partial charge in [0.25, 0.3) is 5.91 Å². The van der Waals surface area contributed by atoms with Crippen molar-refractivity contribution < 1.29 is 14.0 Å². The minimum atomic E-state index is -1.13. The summed E-state index contributed by atoms with van der Waals surface area (Å²) in [4.78, 5) is 34.6. The third-order valence-corrected chi connectivity index (χ3v) is 7.86. The summed E-state index contributed by atoms with van der Waals surface area (Å²) >= 11 is 0. The summed E-state index contributed by atoms with van der Waals surface area (Å²) in [6, 6.07) is 22.9. The van der Waals surface area contributed by atoms with Crippen molar-refractivity contribution in [1.29, 1.82) is 0 Å². The second kappa shape index (κ2) is 8.33. The minimum absolute atomic E-state index is 0.0277. The van der Waals surface area contributed by atoms with E-state index in [4.69, 9.17) is 0 Å². The normalized spacial score (nSPS) is 21.6.